The zero-order valence-electron chi connectivity index (χ0n) is 16.5. The van der Waals surface area contributed by atoms with Crippen molar-refractivity contribution in [2.45, 2.75) is 18.8 Å². The molecular weight excluding hydrogens is 384 g/mol. The fourth-order valence-corrected chi connectivity index (χ4v) is 4.04. The molecule has 0 heterocycles. The van der Waals surface area contributed by atoms with Crippen LogP contribution in [0.25, 0.3) is 11.1 Å². The summed E-state index contributed by atoms with van der Waals surface area (Å²) in [6.45, 7) is 0.751. The summed E-state index contributed by atoms with van der Waals surface area (Å²) >= 11 is 0. The van der Waals surface area contributed by atoms with Crippen molar-refractivity contribution >= 4 is 18.0 Å². The number of nitrogens with one attached hydrogen (secondary N) is 2. The molecule has 7 nitrogen and oxygen atoms in total. The number of carbonyl (C=O) groups is 3. The van der Waals surface area contributed by atoms with Gasteiger partial charge in [0.25, 0.3) is 0 Å². The zero-order valence-corrected chi connectivity index (χ0v) is 16.5. The molecule has 2 aliphatic carbocycles. The van der Waals surface area contributed by atoms with Gasteiger partial charge in [-0.25, -0.2) is 4.79 Å². The number of ether oxygens (including phenoxy) is 1. The number of amides is 2. The molecule has 0 spiro atoms. The lowest BCUT2D eigenvalue weighted by Gasteiger charge is -2.14. The van der Waals surface area contributed by atoms with Gasteiger partial charge in [0.05, 0.1) is 5.92 Å². The highest BCUT2D eigenvalue weighted by molar-refractivity contribution is 5.79. The number of benzene rings is 2. The second kappa shape index (κ2) is 8.57. The van der Waals surface area contributed by atoms with Crippen LogP contribution in [0.5, 0.6) is 0 Å². The van der Waals surface area contributed by atoms with Crippen molar-refractivity contribution in [3.8, 4) is 11.1 Å². The quantitative estimate of drug-likeness (QED) is 0.623. The van der Waals surface area contributed by atoms with E-state index in [-0.39, 0.29) is 43.2 Å². The number of alkyl carbamates (subject to hydrolysis) is 1. The first-order valence-electron chi connectivity index (χ1n) is 10.1. The molecule has 0 saturated heterocycles. The van der Waals surface area contributed by atoms with Crippen LogP contribution in [-0.4, -0.2) is 42.8 Å². The van der Waals surface area contributed by atoms with Crippen molar-refractivity contribution in [2.24, 2.45) is 11.8 Å². The zero-order chi connectivity index (χ0) is 21.1. The monoisotopic (exact) mass is 408 g/mol. The first kappa shape index (κ1) is 19.9. The lowest BCUT2D eigenvalue weighted by atomic mass is 9.98. The topological polar surface area (TPSA) is 105 Å². The van der Waals surface area contributed by atoms with Gasteiger partial charge in [0, 0.05) is 25.4 Å². The van der Waals surface area contributed by atoms with Crippen LogP contribution >= 0.6 is 0 Å². The molecule has 2 amide bonds. The Balaban J connectivity index is 1.20. The van der Waals surface area contributed by atoms with Gasteiger partial charge in [0.1, 0.15) is 6.61 Å². The number of hydrogen-bond donors (Lipinski definition) is 3. The Labute approximate surface area is 174 Å². The highest BCUT2D eigenvalue weighted by Gasteiger charge is 2.42. The molecule has 30 heavy (non-hydrogen) atoms. The van der Waals surface area contributed by atoms with E-state index >= 15 is 0 Å². The summed E-state index contributed by atoms with van der Waals surface area (Å²) in [5.41, 5.74) is 4.62. The van der Waals surface area contributed by atoms with Gasteiger partial charge in [-0.1, -0.05) is 48.5 Å². The molecule has 7 heteroatoms. The Morgan fingerprint density at radius 2 is 1.60 bits per heavy atom. The summed E-state index contributed by atoms with van der Waals surface area (Å²) < 4.78 is 5.42. The predicted molar refractivity (Wildman–Crippen MR) is 110 cm³/mol. The van der Waals surface area contributed by atoms with Gasteiger partial charge in [-0.3, -0.25) is 9.59 Å². The Morgan fingerprint density at radius 3 is 2.20 bits per heavy atom. The Hall–Kier alpha value is -3.35. The molecule has 156 valence electrons. The third-order valence-corrected chi connectivity index (χ3v) is 5.77. The van der Waals surface area contributed by atoms with E-state index in [0.29, 0.717) is 13.0 Å². The molecule has 2 atom stereocenters. The molecule has 0 unspecified atom stereocenters. The van der Waals surface area contributed by atoms with Crippen LogP contribution < -0.4 is 10.6 Å². The Kier molecular flexibility index (Phi) is 5.70. The highest BCUT2D eigenvalue weighted by atomic mass is 16.5. The Bertz CT molecular complexity index is 928. The van der Waals surface area contributed by atoms with E-state index in [0.717, 1.165) is 11.1 Å². The van der Waals surface area contributed by atoms with E-state index in [2.05, 4.69) is 34.9 Å². The minimum Gasteiger partial charge on any atom is -0.481 e. The fraction of sp³-hybridized carbons (Fsp3) is 0.348. The maximum absolute atomic E-state index is 12.1. The summed E-state index contributed by atoms with van der Waals surface area (Å²) in [4.78, 5) is 34.7. The second-order valence-electron chi connectivity index (χ2n) is 7.75. The third kappa shape index (κ3) is 4.30. The van der Waals surface area contributed by atoms with Crippen LogP contribution in [0, 0.1) is 11.8 Å². The molecule has 0 aromatic heterocycles. The van der Waals surface area contributed by atoms with Crippen LogP contribution in [0.3, 0.4) is 0 Å². The highest BCUT2D eigenvalue weighted by Crippen LogP contribution is 2.44. The van der Waals surface area contributed by atoms with Gasteiger partial charge in [0.2, 0.25) is 5.91 Å². The van der Waals surface area contributed by atoms with Gasteiger partial charge in [-0.15, -0.1) is 0 Å². The van der Waals surface area contributed by atoms with Crippen LogP contribution in [0.2, 0.25) is 0 Å². The molecule has 1 saturated carbocycles. The second-order valence-corrected chi connectivity index (χ2v) is 7.75. The third-order valence-electron chi connectivity index (χ3n) is 5.77. The van der Waals surface area contributed by atoms with Crippen molar-refractivity contribution in [3.63, 3.8) is 0 Å². The lowest BCUT2D eigenvalue weighted by Crippen LogP contribution is -2.32. The normalized spacial score (nSPS) is 18.8. The van der Waals surface area contributed by atoms with E-state index < -0.39 is 12.1 Å². The summed E-state index contributed by atoms with van der Waals surface area (Å²) in [7, 11) is 0. The summed E-state index contributed by atoms with van der Waals surface area (Å²) in [5.74, 6) is -1.37. The predicted octanol–water partition coefficient (Wildman–Crippen LogP) is 2.75. The van der Waals surface area contributed by atoms with E-state index in [1.54, 1.807) is 0 Å². The molecule has 0 aliphatic heterocycles. The summed E-state index contributed by atoms with van der Waals surface area (Å²) in [6.07, 6.45) is 0.167. The number of fused-ring (bicyclic) bond motifs is 3. The van der Waals surface area contributed by atoms with Gasteiger partial charge in [-0.05, 0) is 34.6 Å². The molecule has 2 aromatic carbocycles. The van der Waals surface area contributed by atoms with Crippen LogP contribution in [0.4, 0.5) is 4.79 Å². The summed E-state index contributed by atoms with van der Waals surface area (Å²) in [6, 6.07) is 16.2. The van der Waals surface area contributed by atoms with E-state index in [1.807, 2.05) is 24.3 Å². The van der Waals surface area contributed by atoms with Gasteiger partial charge in [0.15, 0.2) is 0 Å². The van der Waals surface area contributed by atoms with Crippen molar-refractivity contribution in [2.75, 3.05) is 19.7 Å². The van der Waals surface area contributed by atoms with Gasteiger partial charge >= 0.3 is 12.1 Å². The maximum Gasteiger partial charge on any atom is 0.407 e. The number of aliphatic carboxylic acids is 1. The maximum atomic E-state index is 12.1. The molecular formula is C23H24N2O5. The fourth-order valence-electron chi connectivity index (χ4n) is 4.04. The largest absolute Gasteiger partial charge is 0.481 e. The molecule has 1 fully saturated rings. The number of carboxylic acids is 1. The SMILES string of the molecule is O=C(CCNC(=O)OCC1c2ccccc2-c2ccccc21)NC[C@H]1C[C@H]1C(=O)O. The van der Waals surface area contributed by atoms with Crippen molar-refractivity contribution < 1.29 is 24.2 Å². The van der Waals surface area contributed by atoms with Crippen molar-refractivity contribution in [1.29, 1.82) is 0 Å². The molecule has 0 radical (unpaired) electrons. The van der Waals surface area contributed by atoms with E-state index in [4.69, 9.17) is 9.84 Å². The molecule has 0 bridgehead atoms. The molecule has 4 rings (SSSR count). The first-order chi connectivity index (χ1) is 14.5. The van der Waals surface area contributed by atoms with Crippen molar-refractivity contribution in [3.05, 3.63) is 59.7 Å². The van der Waals surface area contributed by atoms with Crippen molar-refractivity contribution in [1.82, 2.24) is 10.6 Å². The summed E-state index contributed by atoms with van der Waals surface area (Å²) in [5, 5.41) is 14.2. The van der Waals surface area contributed by atoms with Gasteiger partial charge in [-0.2, -0.15) is 0 Å². The van der Waals surface area contributed by atoms with Crippen LogP contribution in [0.15, 0.2) is 48.5 Å². The first-order valence-corrected chi connectivity index (χ1v) is 10.1. The van der Waals surface area contributed by atoms with E-state index in [1.165, 1.54) is 11.1 Å². The molecule has 2 aromatic rings. The Morgan fingerprint density at radius 1 is 0.967 bits per heavy atom. The number of hydrogen-bond acceptors (Lipinski definition) is 4. The molecule has 2 aliphatic rings. The van der Waals surface area contributed by atoms with Crippen LogP contribution in [-0.2, 0) is 14.3 Å². The average molecular weight is 408 g/mol. The standard InChI is InChI=1S/C23H24N2O5/c26-21(25-12-14-11-19(14)22(27)28)9-10-24-23(29)30-13-20-17-7-3-1-5-15(17)16-6-2-4-8-18(16)20/h1-8,14,19-20H,9-13H2,(H,24,29)(H,25,26)(H,27,28)/t14-,19-/m1/s1. The minimum absolute atomic E-state index is 0.00725. The number of rotatable bonds is 8. The minimum atomic E-state index is -0.814. The number of carbonyl (C=O) groups excluding carboxylic acids is 2. The molecule has 3 N–H and O–H groups in total. The van der Waals surface area contributed by atoms with Gasteiger partial charge < -0.3 is 20.5 Å². The average Bonchev–Trinajstić information content (AvgIpc) is 3.47. The smallest absolute Gasteiger partial charge is 0.407 e. The number of carboxylic acid groups (broad SMARTS) is 1. The van der Waals surface area contributed by atoms with E-state index in [9.17, 15) is 14.4 Å². The van der Waals surface area contributed by atoms with Crippen LogP contribution in [0.1, 0.15) is 29.9 Å². The lowest BCUT2D eigenvalue weighted by molar-refractivity contribution is -0.139.